The Labute approximate surface area is 123 Å². The molecule has 1 aromatic heterocycles. The second kappa shape index (κ2) is 4.90. The fourth-order valence-electron chi connectivity index (χ4n) is 2.65. The van der Waals surface area contributed by atoms with Crippen molar-refractivity contribution in [3.63, 3.8) is 0 Å². The van der Waals surface area contributed by atoms with Crippen LogP contribution in [-0.2, 0) is 12.8 Å². The molecule has 104 valence electrons. The van der Waals surface area contributed by atoms with Crippen LogP contribution in [0.3, 0.4) is 0 Å². The fraction of sp³-hybridized carbons (Fsp3) is 0.308. The molecule has 1 aliphatic rings. The summed E-state index contributed by atoms with van der Waals surface area (Å²) in [5.74, 6) is 0.483. The van der Waals surface area contributed by atoms with Crippen molar-refractivity contribution in [2.75, 3.05) is 5.73 Å². The lowest BCUT2D eigenvalue weighted by Gasteiger charge is -2.13. The van der Waals surface area contributed by atoms with E-state index in [0.29, 0.717) is 16.0 Å². The van der Waals surface area contributed by atoms with Crippen LogP contribution < -0.4 is 5.73 Å². The monoisotopic (exact) mass is 336 g/mol. The molecular formula is C13H13BrN4O2. The van der Waals surface area contributed by atoms with Gasteiger partial charge in [0.25, 0.3) is 5.69 Å². The van der Waals surface area contributed by atoms with Crippen molar-refractivity contribution in [3.8, 4) is 5.69 Å². The lowest BCUT2D eigenvalue weighted by molar-refractivity contribution is -0.384. The molecule has 3 rings (SSSR count). The van der Waals surface area contributed by atoms with Gasteiger partial charge in [0.1, 0.15) is 11.5 Å². The summed E-state index contributed by atoms with van der Waals surface area (Å²) < 4.78 is 2.30. The zero-order valence-electron chi connectivity index (χ0n) is 10.7. The van der Waals surface area contributed by atoms with E-state index in [1.54, 1.807) is 16.8 Å². The zero-order valence-corrected chi connectivity index (χ0v) is 12.3. The summed E-state index contributed by atoms with van der Waals surface area (Å²) in [4.78, 5) is 10.8. The molecule has 2 aromatic rings. The number of nitrogen functional groups attached to an aromatic ring is 1. The Kier molecular flexibility index (Phi) is 3.21. The van der Waals surface area contributed by atoms with Crippen LogP contribution in [0.5, 0.6) is 0 Å². The van der Waals surface area contributed by atoms with Gasteiger partial charge in [-0.25, -0.2) is 4.68 Å². The third-order valence-corrected chi connectivity index (χ3v) is 4.07. The number of hydrogen-bond acceptors (Lipinski definition) is 4. The average Bonchev–Trinajstić information content (AvgIpc) is 2.77. The number of hydrogen-bond donors (Lipinski definition) is 1. The van der Waals surface area contributed by atoms with Crippen molar-refractivity contribution in [3.05, 3.63) is 44.0 Å². The van der Waals surface area contributed by atoms with Gasteiger partial charge in [-0.05, 0) is 37.8 Å². The molecule has 0 saturated heterocycles. The number of anilines is 1. The first kappa shape index (κ1) is 13.1. The molecule has 0 fully saturated rings. The smallest absolute Gasteiger partial charge is 0.296 e. The highest BCUT2D eigenvalue weighted by Crippen LogP contribution is 2.32. The highest BCUT2D eigenvalue weighted by Gasteiger charge is 2.24. The molecule has 0 spiro atoms. The van der Waals surface area contributed by atoms with E-state index in [9.17, 15) is 10.1 Å². The molecule has 1 aliphatic carbocycles. The Bertz CT molecular complexity index is 696. The normalized spacial score (nSPS) is 14.1. The summed E-state index contributed by atoms with van der Waals surface area (Å²) in [7, 11) is 0. The lowest BCUT2D eigenvalue weighted by atomic mass is 9.97. The van der Waals surface area contributed by atoms with Gasteiger partial charge in [0, 0.05) is 21.8 Å². The minimum Gasteiger partial charge on any atom is -0.382 e. The number of benzene rings is 1. The van der Waals surface area contributed by atoms with Gasteiger partial charge in [-0.1, -0.05) is 15.9 Å². The molecule has 7 heteroatoms. The lowest BCUT2D eigenvalue weighted by Crippen LogP contribution is -2.09. The maximum atomic E-state index is 11.2. The van der Waals surface area contributed by atoms with Crippen molar-refractivity contribution >= 4 is 27.4 Å². The number of nitro groups is 1. The summed E-state index contributed by atoms with van der Waals surface area (Å²) in [6.07, 6.45) is 3.89. The van der Waals surface area contributed by atoms with Crippen molar-refractivity contribution in [2.45, 2.75) is 25.7 Å². The Morgan fingerprint density at radius 3 is 2.85 bits per heavy atom. The van der Waals surface area contributed by atoms with Gasteiger partial charge >= 0.3 is 0 Å². The van der Waals surface area contributed by atoms with E-state index in [0.717, 1.165) is 36.9 Å². The highest BCUT2D eigenvalue weighted by molar-refractivity contribution is 9.10. The molecule has 1 heterocycles. The number of halogens is 1. The number of aromatic nitrogens is 2. The molecule has 20 heavy (non-hydrogen) atoms. The Hall–Kier alpha value is -1.89. The molecule has 6 nitrogen and oxygen atoms in total. The summed E-state index contributed by atoms with van der Waals surface area (Å²) in [6.45, 7) is 0. The van der Waals surface area contributed by atoms with Gasteiger partial charge in [0.15, 0.2) is 0 Å². The Balaban J connectivity index is 2.21. The maximum absolute atomic E-state index is 11.2. The first-order valence-electron chi connectivity index (χ1n) is 6.38. The fourth-order valence-corrected chi connectivity index (χ4v) is 3.00. The molecule has 2 N–H and O–H groups in total. The van der Waals surface area contributed by atoms with Crippen molar-refractivity contribution in [1.82, 2.24) is 9.78 Å². The van der Waals surface area contributed by atoms with Gasteiger partial charge < -0.3 is 5.73 Å². The molecule has 1 aromatic carbocycles. The molecule has 0 aliphatic heterocycles. The maximum Gasteiger partial charge on any atom is 0.296 e. The standard InChI is InChI=1S/C13H13BrN4O2/c14-8-5-6-11(12(7-8)18(19)20)17-10-4-2-1-3-9(10)13(15)16-17/h5-7H,1-4H2,(H2,15,16). The molecule has 0 radical (unpaired) electrons. The Morgan fingerprint density at radius 1 is 1.35 bits per heavy atom. The van der Waals surface area contributed by atoms with Gasteiger partial charge in [0.05, 0.1) is 4.92 Å². The van der Waals surface area contributed by atoms with Crippen molar-refractivity contribution in [2.24, 2.45) is 0 Å². The van der Waals surface area contributed by atoms with E-state index in [-0.39, 0.29) is 5.69 Å². The predicted molar refractivity (Wildman–Crippen MR) is 79.0 cm³/mol. The zero-order chi connectivity index (χ0) is 14.3. The number of rotatable bonds is 2. The molecule has 0 bridgehead atoms. The largest absolute Gasteiger partial charge is 0.382 e. The number of nitro benzene ring substituents is 1. The summed E-state index contributed by atoms with van der Waals surface area (Å²) >= 11 is 3.26. The third-order valence-electron chi connectivity index (χ3n) is 3.57. The van der Waals surface area contributed by atoms with Gasteiger partial charge in [-0.15, -0.1) is 5.10 Å². The molecular weight excluding hydrogens is 324 g/mol. The number of nitrogens with two attached hydrogens (primary N) is 1. The predicted octanol–water partition coefficient (Wildman–Crippen LogP) is 3.00. The summed E-state index contributed by atoms with van der Waals surface area (Å²) in [6, 6.07) is 4.96. The van der Waals surface area contributed by atoms with Gasteiger partial charge in [-0.3, -0.25) is 10.1 Å². The van der Waals surface area contributed by atoms with E-state index < -0.39 is 4.92 Å². The van der Waals surface area contributed by atoms with E-state index >= 15 is 0 Å². The van der Waals surface area contributed by atoms with Crippen LogP contribution in [0.25, 0.3) is 5.69 Å². The van der Waals surface area contributed by atoms with Crippen LogP contribution in [0.2, 0.25) is 0 Å². The Morgan fingerprint density at radius 2 is 2.10 bits per heavy atom. The van der Waals surface area contributed by atoms with Crippen molar-refractivity contribution in [1.29, 1.82) is 0 Å². The van der Waals surface area contributed by atoms with E-state index in [4.69, 9.17) is 5.73 Å². The molecule has 0 saturated carbocycles. The first-order valence-corrected chi connectivity index (χ1v) is 7.18. The minimum atomic E-state index is -0.396. The van der Waals surface area contributed by atoms with Crippen LogP contribution in [-0.4, -0.2) is 14.7 Å². The first-order chi connectivity index (χ1) is 9.58. The van der Waals surface area contributed by atoms with E-state index in [1.807, 2.05) is 0 Å². The van der Waals surface area contributed by atoms with Crippen LogP contribution in [0.4, 0.5) is 11.5 Å². The SMILES string of the molecule is Nc1nn(-c2ccc(Br)cc2[N+](=O)[O-])c2c1CCCC2. The van der Waals surface area contributed by atoms with Gasteiger partial charge in [0.2, 0.25) is 0 Å². The second-order valence-electron chi connectivity index (χ2n) is 4.82. The van der Waals surface area contributed by atoms with Crippen LogP contribution in [0, 0.1) is 10.1 Å². The van der Waals surface area contributed by atoms with Crippen LogP contribution in [0.1, 0.15) is 24.1 Å². The molecule has 0 amide bonds. The van der Waals surface area contributed by atoms with Crippen LogP contribution >= 0.6 is 15.9 Å². The summed E-state index contributed by atoms with van der Waals surface area (Å²) in [5, 5.41) is 15.5. The minimum absolute atomic E-state index is 0.0234. The van der Waals surface area contributed by atoms with E-state index in [2.05, 4.69) is 21.0 Å². The van der Waals surface area contributed by atoms with Crippen LogP contribution in [0.15, 0.2) is 22.7 Å². The topological polar surface area (TPSA) is 87.0 Å². The number of fused-ring (bicyclic) bond motifs is 1. The number of nitrogens with zero attached hydrogens (tertiary/aromatic N) is 3. The highest BCUT2D eigenvalue weighted by atomic mass is 79.9. The molecule has 0 atom stereocenters. The quantitative estimate of drug-likeness (QED) is 0.674. The third kappa shape index (κ3) is 2.07. The molecule has 0 unspecified atom stereocenters. The average molecular weight is 337 g/mol. The van der Waals surface area contributed by atoms with E-state index in [1.165, 1.54) is 6.07 Å². The summed E-state index contributed by atoms with van der Waals surface area (Å²) in [5.41, 5.74) is 8.47. The van der Waals surface area contributed by atoms with Gasteiger partial charge in [-0.2, -0.15) is 0 Å². The second-order valence-corrected chi connectivity index (χ2v) is 5.74. The van der Waals surface area contributed by atoms with Crippen molar-refractivity contribution < 1.29 is 4.92 Å².